The molecule has 0 radical (unpaired) electrons. The number of nitrogens with zero attached hydrogens (tertiary/aromatic N) is 1. The molecule has 2 saturated heterocycles. The molecule has 5 nitrogen and oxygen atoms in total. The quantitative estimate of drug-likeness (QED) is 0.857. The molecule has 2 N–H and O–H groups in total. The number of amides is 2. The van der Waals surface area contributed by atoms with E-state index in [4.69, 9.17) is 4.74 Å². The highest BCUT2D eigenvalue weighted by atomic mass is 19.1. The van der Waals surface area contributed by atoms with Crippen molar-refractivity contribution < 1.29 is 13.9 Å². The fourth-order valence-corrected chi connectivity index (χ4v) is 3.83. The SMILES string of the molecule is CC(C)NC1CCN(C(=O)Nc2ccc(C3CCOCC3)cc2F)CC1. The summed E-state index contributed by atoms with van der Waals surface area (Å²) in [6, 6.07) is 5.85. The Bertz CT molecular complexity index is 609. The topological polar surface area (TPSA) is 53.6 Å². The Morgan fingerprint density at radius 1 is 1.19 bits per heavy atom. The summed E-state index contributed by atoms with van der Waals surface area (Å²) in [5.74, 6) is -0.0193. The highest BCUT2D eigenvalue weighted by Crippen LogP contribution is 2.29. The van der Waals surface area contributed by atoms with Crippen LogP contribution < -0.4 is 10.6 Å². The van der Waals surface area contributed by atoms with Crippen LogP contribution in [0.15, 0.2) is 18.2 Å². The van der Waals surface area contributed by atoms with Crippen LogP contribution in [0, 0.1) is 5.82 Å². The van der Waals surface area contributed by atoms with E-state index in [1.165, 1.54) is 0 Å². The summed E-state index contributed by atoms with van der Waals surface area (Å²) in [5, 5.41) is 6.24. The zero-order chi connectivity index (χ0) is 18.5. The van der Waals surface area contributed by atoms with Crippen molar-refractivity contribution in [3.63, 3.8) is 0 Å². The number of piperidine rings is 1. The highest BCUT2D eigenvalue weighted by molar-refractivity contribution is 5.89. The molecule has 2 heterocycles. The molecular weight excluding hydrogens is 333 g/mol. The summed E-state index contributed by atoms with van der Waals surface area (Å²) < 4.78 is 19.8. The van der Waals surface area contributed by atoms with Gasteiger partial charge in [-0.15, -0.1) is 0 Å². The number of hydrogen-bond donors (Lipinski definition) is 2. The molecule has 26 heavy (non-hydrogen) atoms. The van der Waals surface area contributed by atoms with Crippen molar-refractivity contribution in [3.8, 4) is 0 Å². The minimum atomic E-state index is -0.362. The predicted octanol–water partition coefficient (Wildman–Crippen LogP) is 3.71. The van der Waals surface area contributed by atoms with Crippen LogP contribution in [0.5, 0.6) is 0 Å². The van der Waals surface area contributed by atoms with E-state index in [0.717, 1.165) is 44.5 Å². The van der Waals surface area contributed by atoms with Crippen LogP contribution >= 0.6 is 0 Å². The van der Waals surface area contributed by atoms with Crippen molar-refractivity contribution in [2.24, 2.45) is 0 Å². The molecule has 1 aromatic carbocycles. The van der Waals surface area contributed by atoms with Crippen LogP contribution in [0.2, 0.25) is 0 Å². The van der Waals surface area contributed by atoms with Crippen molar-refractivity contribution in [3.05, 3.63) is 29.6 Å². The Hall–Kier alpha value is -1.66. The molecule has 1 aromatic rings. The molecule has 6 heteroatoms. The van der Waals surface area contributed by atoms with Gasteiger partial charge < -0.3 is 20.3 Å². The molecule has 0 saturated carbocycles. The minimum absolute atomic E-state index is 0.217. The van der Waals surface area contributed by atoms with Gasteiger partial charge in [0.2, 0.25) is 0 Å². The number of nitrogens with one attached hydrogen (secondary N) is 2. The summed E-state index contributed by atoms with van der Waals surface area (Å²) in [4.78, 5) is 14.2. The highest BCUT2D eigenvalue weighted by Gasteiger charge is 2.24. The van der Waals surface area contributed by atoms with Crippen LogP contribution in [0.3, 0.4) is 0 Å². The molecular formula is C20H30FN3O2. The smallest absolute Gasteiger partial charge is 0.321 e. The van der Waals surface area contributed by atoms with Gasteiger partial charge in [0.15, 0.2) is 0 Å². The lowest BCUT2D eigenvalue weighted by Gasteiger charge is -2.33. The zero-order valence-corrected chi connectivity index (χ0v) is 15.8. The standard InChI is InChI=1S/C20H30FN3O2/c1-14(2)22-17-5-9-24(10-6-17)20(25)23-19-4-3-16(13-18(19)21)15-7-11-26-12-8-15/h3-4,13-15,17,22H,5-12H2,1-2H3,(H,23,25). The lowest BCUT2D eigenvalue weighted by molar-refractivity contribution is 0.0853. The minimum Gasteiger partial charge on any atom is -0.381 e. The first-order valence-corrected chi connectivity index (χ1v) is 9.72. The van der Waals surface area contributed by atoms with Crippen molar-refractivity contribution in [1.29, 1.82) is 0 Å². The first-order chi connectivity index (χ1) is 12.5. The van der Waals surface area contributed by atoms with Crippen molar-refractivity contribution >= 4 is 11.7 Å². The van der Waals surface area contributed by atoms with Crippen LogP contribution in [-0.2, 0) is 4.74 Å². The van der Waals surface area contributed by atoms with E-state index < -0.39 is 0 Å². The monoisotopic (exact) mass is 363 g/mol. The van der Waals surface area contributed by atoms with Gasteiger partial charge in [0.05, 0.1) is 5.69 Å². The van der Waals surface area contributed by atoms with Gasteiger partial charge in [0.1, 0.15) is 5.82 Å². The summed E-state index contributed by atoms with van der Waals surface area (Å²) >= 11 is 0. The van der Waals surface area contributed by atoms with Gasteiger partial charge in [-0.2, -0.15) is 0 Å². The zero-order valence-electron chi connectivity index (χ0n) is 15.8. The average molecular weight is 363 g/mol. The van der Waals surface area contributed by atoms with Gasteiger partial charge >= 0.3 is 6.03 Å². The summed E-state index contributed by atoms with van der Waals surface area (Å²) in [6.07, 6.45) is 3.70. The fourth-order valence-electron chi connectivity index (χ4n) is 3.83. The van der Waals surface area contributed by atoms with E-state index in [-0.39, 0.29) is 17.5 Å². The van der Waals surface area contributed by atoms with E-state index in [2.05, 4.69) is 24.5 Å². The Balaban J connectivity index is 1.54. The Labute approximate surface area is 155 Å². The molecule has 2 aliphatic rings. The summed E-state index contributed by atoms with van der Waals surface area (Å²) in [6.45, 7) is 7.10. The third-order valence-electron chi connectivity index (χ3n) is 5.28. The van der Waals surface area contributed by atoms with Gasteiger partial charge in [-0.05, 0) is 49.3 Å². The lowest BCUT2D eigenvalue weighted by atomic mass is 9.91. The van der Waals surface area contributed by atoms with Gasteiger partial charge in [0.25, 0.3) is 0 Å². The normalized spacial score (nSPS) is 19.8. The van der Waals surface area contributed by atoms with Crippen LogP contribution in [-0.4, -0.2) is 49.3 Å². The lowest BCUT2D eigenvalue weighted by Crippen LogP contribution is -2.47. The molecule has 0 bridgehead atoms. The number of rotatable bonds is 4. The Kier molecular flexibility index (Phi) is 6.48. The number of halogens is 1. The predicted molar refractivity (Wildman–Crippen MR) is 101 cm³/mol. The van der Waals surface area contributed by atoms with Gasteiger partial charge in [-0.25, -0.2) is 9.18 Å². The number of hydrogen-bond acceptors (Lipinski definition) is 3. The molecule has 0 atom stereocenters. The maximum atomic E-state index is 14.5. The number of carbonyl (C=O) groups excluding carboxylic acids is 1. The number of carbonyl (C=O) groups is 1. The molecule has 2 fully saturated rings. The molecule has 0 unspecified atom stereocenters. The first kappa shape index (κ1) is 19.1. The maximum absolute atomic E-state index is 14.5. The van der Waals surface area contributed by atoms with E-state index >= 15 is 0 Å². The van der Waals surface area contributed by atoms with Crippen molar-refractivity contribution in [2.75, 3.05) is 31.6 Å². The maximum Gasteiger partial charge on any atom is 0.321 e. The summed E-state index contributed by atoms with van der Waals surface area (Å²) in [5.41, 5.74) is 1.25. The van der Waals surface area contributed by atoms with E-state index in [1.807, 2.05) is 6.07 Å². The Morgan fingerprint density at radius 3 is 2.50 bits per heavy atom. The Morgan fingerprint density at radius 2 is 1.88 bits per heavy atom. The molecule has 3 rings (SSSR count). The van der Waals surface area contributed by atoms with Gasteiger partial charge in [-0.1, -0.05) is 19.9 Å². The third kappa shape index (κ3) is 4.95. The second kappa shape index (κ2) is 8.82. The number of ether oxygens (including phenoxy) is 1. The molecule has 2 amide bonds. The van der Waals surface area contributed by atoms with E-state index in [0.29, 0.717) is 31.1 Å². The van der Waals surface area contributed by atoms with Crippen molar-refractivity contribution in [1.82, 2.24) is 10.2 Å². The molecule has 2 aliphatic heterocycles. The van der Waals surface area contributed by atoms with Crippen LogP contribution in [0.4, 0.5) is 14.9 Å². The molecule has 0 spiro atoms. The third-order valence-corrected chi connectivity index (χ3v) is 5.28. The average Bonchev–Trinajstić information content (AvgIpc) is 2.64. The molecule has 144 valence electrons. The van der Waals surface area contributed by atoms with E-state index in [1.54, 1.807) is 17.0 Å². The molecule has 0 aliphatic carbocycles. The van der Waals surface area contributed by atoms with Crippen LogP contribution in [0.25, 0.3) is 0 Å². The van der Waals surface area contributed by atoms with Crippen LogP contribution in [0.1, 0.15) is 51.0 Å². The fraction of sp³-hybridized carbons (Fsp3) is 0.650. The first-order valence-electron chi connectivity index (χ1n) is 9.72. The summed E-state index contributed by atoms with van der Waals surface area (Å²) in [7, 11) is 0. The number of anilines is 1. The van der Waals surface area contributed by atoms with Gasteiger partial charge in [0, 0.05) is 38.4 Å². The van der Waals surface area contributed by atoms with E-state index in [9.17, 15) is 9.18 Å². The number of urea groups is 1. The second-order valence-corrected chi connectivity index (χ2v) is 7.64. The number of likely N-dealkylation sites (tertiary alicyclic amines) is 1. The van der Waals surface area contributed by atoms with Gasteiger partial charge in [-0.3, -0.25) is 0 Å². The number of benzene rings is 1. The largest absolute Gasteiger partial charge is 0.381 e. The molecule has 0 aromatic heterocycles. The second-order valence-electron chi connectivity index (χ2n) is 7.64. The van der Waals surface area contributed by atoms with Crippen molar-refractivity contribution in [2.45, 2.75) is 57.5 Å².